The maximum Gasteiger partial charge on any atom is 0.337 e. The molecule has 1 heterocycles. The van der Waals surface area contributed by atoms with Crippen molar-refractivity contribution in [1.29, 1.82) is 0 Å². The number of thioether (sulfide) groups is 1. The second-order valence-electron chi connectivity index (χ2n) is 5.52. The van der Waals surface area contributed by atoms with Gasteiger partial charge in [-0.05, 0) is 48.0 Å². The van der Waals surface area contributed by atoms with Crippen molar-refractivity contribution in [2.75, 3.05) is 18.2 Å². The number of halogens is 1. The van der Waals surface area contributed by atoms with Crippen LogP contribution in [0.3, 0.4) is 0 Å². The van der Waals surface area contributed by atoms with Crippen molar-refractivity contribution in [3.8, 4) is 11.3 Å². The molecule has 1 aromatic heterocycles. The van der Waals surface area contributed by atoms with E-state index in [0.29, 0.717) is 16.4 Å². The summed E-state index contributed by atoms with van der Waals surface area (Å²) in [5.41, 5.74) is 2.41. The van der Waals surface area contributed by atoms with Crippen molar-refractivity contribution in [3.05, 3.63) is 66.1 Å². The van der Waals surface area contributed by atoms with Crippen LogP contribution in [0.25, 0.3) is 11.3 Å². The molecular weight excluding hydrogens is 369 g/mol. The topological polar surface area (TPSA) is 84.1 Å². The molecule has 3 rings (SSSR count). The van der Waals surface area contributed by atoms with Crippen LogP contribution in [0.4, 0.5) is 10.1 Å². The van der Waals surface area contributed by atoms with Crippen LogP contribution in [0, 0.1) is 5.82 Å². The van der Waals surface area contributed by atoms with Crippen LogP contribution in [-0.4, -0.2) is 34.7 Å². The smallest absolute Gasteiger partial charge is 0.337 e. The summed E-state index contributed by atoms with van der Waals surface area (Å²) in [6.07, 6.45) is 1.63. The quantitative estimate of drug-likeness (QED) is 0.499. The van der Waals surface area contributed by atoms with Crippen molar-refractivity contribution >= 4 is 29.3 Å². The Labute approximate surface area is 159 Å². The number of ether oxygens (including phenoxy) is 1. The zero-order valence-corrected chi connectivity index (χ0v) is 15.2. The lowest BCUT2D eigenvalue weighted by Gasteiger charge is -2.06. The number of nitrogens with zero attached hydrogens (tertiary/aromatic N) is 1. The van der Waals surface area contributed by atoms with E-state index in [1.165, 1.54) is 31.0 Å². The lowest BCUT2D eigenvalue weighted by Crippen LogP contribution is -2.14. The van der Waals surface area contributed by atoms with E-state index in [1.54, 1.807) is 42.6 Å². The number of imidazole rings is 1. The predicted octanol–water partition coefficient (Wildman–Crippen LogP) is 3.73. The Hall–Kier alpha value is -3.13. The van der Waals surface area contributed by atoms with E-state index in [2.05, 4.69) is 20.0 Å². The van der Waals surface area contributed by atoms with Gasteiger partial charge in [0.15, 0.2) is 5.16 Å². The van der Waals surface area contributed by atoms with Crippen molar-refractivity contribution < 1.29 is 18.7 Å². The SMILES string of the molecule is COC(=O)c1cccc(NC(=O)CSc2ncc(-c3ccc(F)cc3)[nH]2)c1. The Morgan fingerprint density at radius 2 is 2.00 bits per heavy atom. The molecule has 0 aliphatic rings. The van der Waals surface area contributed by atoms with E-state index in [1.807, 2.05) is 0 Å². The predicted molar refractivity (Wildman–Crippen MR) is 101 cm³/mol. The molecule has 0 bridgehead atoms. The first-order valence-electron chi connectivity index (χ1n) is 7.97. The third kappa shape index (κ3) is 4.95. The Kier molecular flexibility index (Phi) is 5.87. The fourth-order valence-electron chi connectivity index (χ4n) is 2.33. The second kappa shape index (κ2) is 8.50. The van der Waals surface area contributed by atoms with Gasteiger partial charge in [-0.15, -0.1) is 0 Å². The molecular formula is C19H16FN3O3S. The summed E-state index contributed by atoms with van der Waals surface area (Å²) in [7, 11) is 1.30. The van der Waals surface area contributed by atoms with Gasteiger partial charge in [-0.1, -0.05) is 17.8 Å². The summed E-state index contributed by atoms with van der Waals surface area (Å²) in [6.45, 7) is 0. The van der Waals surface area contributed by atoms with E-state index >= 15 is 0 Å². The highest BCUT2D eigenvalue weighted by molar-refractivity contribution is 7.99. The molecule has 2 N–H and O–H groups in total. The van der Waals surface area contributed by atoms with Crippen LogP contribution in [-0.2, 0) is 9.53 Å². The number of methoxy groups -OCH3 is 1. The molecule has 3 aromatic rings. The molecule has 0 fully saturated rings. The minimum atomic E-state index is -0.468. The molecule has 138 valence electrons. The third-order valence-corrected chi connectivity index (χ3v) is 4.50. The highest BCUT2D eigenvalue weighted by Gasteiger charge is 2.10. The van der Waals surface area contributed by atoms with Gasteiger partial charge in [0.2, 0.25) is 5.91 Å². The van der Waals surface area contributed by atoms with Gasteiger partial charge in [-0.3, -0.25) is 4.79 Å². The van der Waals surface area contributed by atoms with Gasteiger partial charge in [0.05, 0.1) is 30.3 Å². The number of nitrogens with one attached hydrogen (secondary N) is 2. The minimum absolute atomic E-state index is 0.138. The van der Waals surface area contributed by atoms with Crippen LogP contribution in [0.2, 0.25) is 0 Å². The van der Waals surface area contributed by atoms with Crippen molar-refractivity contribution in [2.45, 2.75) is 5.16 Å². The highest BCUT2D eigenvalue weighted by atomic mass is 32.2. The summed E-state index contributed by atoms with van der Waals surface area (Å²) < 4.78 is 17.6. The standard InChI is InChI=1S/C19H16FN3O3S/c1-26-18(25)13-3-2-4-15(9-13)22-17(24)11-27-19-21-10-16(23-19)12-5-7-14(20)8-6-12/h2-10H,11H2,1H3,(H,21,23)(H,22,24). The summed E-state index contributed by atoms with van der Waals surface area (Å²) in [5.74, 6) is -0.870. The van der Waals surface area contributed by atoms with Gasteiger partial charge in [0, 0.05) is 5.69 Å². The molecule has 0 saturated heterocycles. The van der Waals surface area contributed by atoms with Crippen molar-refractivity contribution in [3.63, 3.8) is 0 Å². The average Bonchev–Trinajstić information content (AvgIpc) is 3.15. The number of benzene rings is 2. The fourth-order valence-corrected chi connectivity index (χ4v) is 2.97. The molecule has 0 radical (unpaired) electrons. The highest BCUT2D eigenvalue weighted by Crippen LogP contribution is 2.22. The number of carbonyl (C=O) groups excluding carboxylic acids is 2. The van der Waals surface area contributed by atoms with Gasteiger partial charge in [0.25, 0.3) is 0 Å². The Balaban J connectivity index is 1.57. The Bertz CT molecular complexity index is 957. The molecule has 0 aliphatic heterocycles. The Morgan fingerprint density at radius 3 is 2.74 bits per heavy atom. The molecule has 0 spiro atoms. The zero-order valence-electron chi connectivity index (χ0n) is 14.4. The molecule has 0 saturated carbocycles. The first kappa shape index (κ1) is 18.7. The molecule has 6 nitrogen and oxygen atoms in total. The lowest BCUT2D eigenvalue weighted by molar-refractivity contribution is -0.113. The molecule has 0 atom stereocenters. The number of anilines is 1. The third-order valence-electron chi connectivity index (χ3n) is 3.62. The number of aromatic amines is 1. The molecule has 0 unspecified atom stereocenters. The zero-order chi connectivity index (χ0) is 19.2. The lowest BCUT2D eigenvalue weighted by atomic mass is 10.2. The summed E-state index contributed by atoms with van der Waals surface area (Å²) in [4.78, 5) is 30.9. The van der Waals surface area contributed by atoms with E-state index in [4.69, 9.17) is 0 Å². The van der Waals surface area contributed by atoms with Gasteiger partial charge >= 0.3 is 5.97 Å². The molecule has 2 aromatic carbocycles. The fraction of sp³-hybridized carbons (Fsp3) is 0.105. The summed E-state index contributed by atoms with van der Waals surface area (Å²) >= 11 is 1.24. The summed E-state index contributed by atoms with van der Waals surface area (Å²) in [5, 5.41) is 3.30. The first-order valence-corrected chi connectivity index (χ1v) is 8.95. The maximum atomic E-state index is 13.0. The molecule has 0 aliphatic carbocycles. The van der Waals surface area contributed by atoms with Crippen LogP contribution in [0.5, 0.6) is 0 Å². The molecule has 1 amide bonds. The number of hydrogen-bond acceptors (Lipinski definition) is 5. The van der Waals surface area contributed by atoms with E-state index < -0.39 is 5.97 Å². The van der Waals surface area contributed by atoms with Gasteiger partial charge < -0.3 is 15.0 Å². The molecule has 27 heavy (non-hydrogen) atoms. The van der Waals surface area contributed by atoms with Gasteiger partial charge in [-0.25, -0.2) is 14.2 Å². The number of amides is 1. The first-order chi connectivity index (χ1) is 13.0. The number of aromatic nitrogens is 2. The average molecular weight is 385 g/mol. The molecule has 8 heteroatoms. The number of carbonyl (C=O) groups is 2. The number of rotatable bonds is 6. The van der Waals surface area contributed by atoms with Crippen molar-refractivity contribution in [2.24, 2.45) is 0 Å². The second-order valence-corrected chi connectivity index (χ2v) is 6.48. The minimum Gasteiger partial charge on any atom is -0.465 e. The van der Waals surface area contributed by atoms with E-state index in [9.17, 15) is 14.0 Å². The normalized spacial score (nSPS) is 10.4. The van der Waals surface area contributed by atoms with Crippen LogP contribution in [0.1, 0.15) is 10.4 Å². The van der Waals surface area contributed by atoms with Gasteiger partial charge in [-0.2, -0.15) is 0 Å². The summed E-state index contributed by atoms with van der Waals surface area (Å²) in [6, 6.07) is 12.6. The van der Waals surface area contributed by atoms with Crippen LogP contribution >= 0.6 is 11.8 Å². The van der Waals surface area contributed by atoms with Crippen molar-refractivity contribution in [1.82, 2.24) is 9.97 Å². The van der Waals surface area contributed by atoms with Crippen LogP contribution in [0.15, 0.2) is 59.9 Å². The van der Waals surface area contributed by atoms with Crippen LogP contribution < -0.4 is 5.32 Å². The monoisotopic (exact) mass is 385 g/mol. The number of esters is 1. The largest absolute Gasteiger partial charge is 0.465 e. The number of hydrogen-bond donors (Lipinski definition) is 2. The Morgan fingerprint density at radius 1 is 1.22 bits per heavy atom. The number of H-pyrrole nitrogens is 1. The maximum absolute atomic E-state index is 13.0. The van der Waals surface area contributed by atoms with E-state index in [0.717, 1.165) is 11.3 Å². The van der Waals surface area contributed by atoms with Gasteiger partial charge in [0.1, 0.15) is 5.82 Å². The van der Waals surface area contributed by atoms with E-state index in [-0.39, 0.29) is 17.5 Å².